The first-order chi connectivity index (χ1) is 23.5. The summed E-state index contributed by atoms with van der Waals surface area (Å²) in [6.45, 7) is 11.3. The Bertz CT molecular complexity index is 2090. The van der Waals surface area contributed by atoms with E-state index in [0.29, 0.717) is 10.8 Å². The largest absolute Gasteiger partial charge is 0.465 e. The summed E-state index contributed by atoms with van der Waals surface area (Å²) >= 11 is 1.37. The van der Waals surface area contributed by atoms with Gasteiger partial charge in [-0.2, -0.15) is 29.0 Å². The number of fused-ring (bicyclic) bond motifs is 1. The Kier molecular flexibility index (Phi) is 10.2. The molecule has 0 spiro atoms. The highest BCUT2D eigenvalue weighted by Gasteiger charge is 2.65. The lowest BCUT2D eigenvalue weighted by atomic mass is 9.84. The molecular formula is C39H34F3N5OS. The average molecular weight is 678 g/mol. The Labute approximate surface area is 288 Å². The zero-order chi connectivity index (χ0) is 35.3. The molecule has 248 valence electrons. The van der Waals surface area contributed by atoms with Crippen molar-refractivity contribution in [2.24, 2.45) is 5.92 Å². The third kappa shape index (κ3) is 6.64. The van der Waals surface area contributed by atoms with Crippen molar-refractivity contribution in [3.8, 4) is 18.2 Å². The van der Waals surface area contributed by atoms with E-state index in [-0.39, 0.29) is 5.56 Å². The molecule has 1 atom stereocenters. The second kappa shape index (κ2) is 14.3. The fraction of sp³-hybridized carbons (Fsp3) is 0.256. The number of aromatic nitrogens is 1. The summed E-state index contributed by atoms with van der Waals surface area (Å²) in [5.74, 6) is -0.276. The molecule has 1 unspecified atom stereocenters. The van der Waals surface area contributed by atoms with Crippen LogP contribution in [-0.2, 0) is 16.9 Å². The molecule has 0 radical (unpaired) electrons. The predicted molar refractivity (Wildman–Crippen MR) is 189 cm³/mol. The van der Waals surface area contributed by atoms with E-state index in [1.165, 1.54) is 53.4 Å². The molecule has 1 aliphatic heterocycles. The molecule has 6 nitrogen and oxygen atoms in total. The van der Waals surface area contributed by atoms with Gasteiger partial charge in [-0.25, -0.2) is 0 Å². The minimum absolute atomic E-state index is 0.282. The molecule has 0 aliphatic carbocycles. The van der Waals surface area contributed by atoms with Crippen molar-refractivity contribution in [2.75, 3.05) is 18.0 Å². The minimum atomic E-state index is -5.04. The summed E-state index contributed by atoms with van der Waals surface area (Å²) in [7, 11) is 0. The molecule has 5 rings (SSSR count). The fourth-order valence-electron chi connectivity index (χ4n) is 6.07. The first kappa shape index (κ1) is 34.8. The predicted octanol–water partition coefficient (Wildman–Crippen LogP) is 10.00. The Morgan fingerprint density at radius 3 is 2.14 bits per heavy atom. The second-order valence-electron chi connectivity index (χ2n) is 11.9. The van der Waals surface area contributed by atoms with Crippen LogP contribution in [0.4, 0.5) is 18.9 Å². The number of alkyl halides is 3. The van der Waals surface area contributed by atoms with Gasteiger partial charge < -0.3 is 14.2 Å². The summed E-state index contributed by atoms with van der Waals surface area (Å²) in [5, 5.41) is 30.1. The Morgan fingerprint density at radius 2 is 1.57 bits per heavy atom. The van der Waals surface area contributed by atoms with Crippen molar-refractivity contribution in [3.05, 3.63) is 116 Å². The van der Waals surface area contributed by atoms with Crippen molar-refractivity contribution >= 4 is 46.2 Å². The quantitative estimate of drug-likeness (QED) is 0.156. The zero-order valence-corrected chi connectivity index (χ0v) is 28.4. The Balaban J connectivity index is 1.54. The number of ether oxygens (including phenoxy) is 1. The van der Waals surface area contributed by atoms with Crippen molar-refractivity contribution in [3.63, 3.8) is 0 Å². The molecule has 49 heavy (non-hydrogen) atoms. The first-order valence-electron chi connectivity index (χ1n) is 15.9. The van der Waals surface area contributed by atoms with Gasteiger partial charge in [-0.15, -0.1) is 11.3 Å². The van der Waals surface area contributed by atoms with E-state index >= 15 is 13.2 Å². The molecule has 0 saturated carbocycles. The molecule has 1 aliphatic rings. The summed E-state index contributed by atoms with van der Waals surface area (Å²) in [6.07, 6.45) is 1.68. The number of hydrogen-bond donors (Lipinski definition) is 0. The lowest BCUT2D eigenvalue weighted by Crippen LogP contribution is -2.43. The maximum Gasteiger partial charge on any atom is 0.437 e. The number of thiophene rings is 1. The van der Waals surface area contributed by atoms with Crippen molar-refractivity contribution < 1.29 is 17.9 Å². The van der Waals surface area contributed by atoms with Crippen molar-refractivity contribution in [1.82, 2.24) is 4.57 Å². The van der Waals surface area contributed by atoms with Gasteiger partial charge in [-0.05, 0) is 68.3 Å². The maximum absolute atomic E-state index is 15.1. The molecule has 2 aromatic carbocycles. The topological polar surface area (TPSA) is 88.8 Å². The van der Waals surface area contributed by atoms with E-state index < -0.39 is 34.3 Å². The van der Waals surface area contributed by atoms with Crippen LogP contribution in [0.25, 0.3) is 29.1 Å². The summed E-state index contributed by atoms with van der Waals surface area (Å²) < 4.78 is 53.0. The van der Waals surface area contributed by atoms with Crippen LogP contribution in [0.2, 0.25) is 0 Å². The summed E-state index contributed by atoms with van der Waals surface area (Å²) in [5.41, 5.74) is -1.74. The van der Waals surface area contributed by atoms with Crippen LogP contribution in [0.5, 0.6) is 0 Å². The van der Waals surface area contributed by atoms with Gasteiger partial charge in [0.1, 0.15) is 23.8 Å². The smallest absolute Gasteiger partial charge is 0.437 e. The minimum Gasteiger partial charge on any atom is -0.465 e. The van der Waals surface area contributed by atoms with E-state index in [4.69, 9.17) is 4.74 Å². The first-order valence-corrected chi connectivity index (χ1v) is 16.7. The highest BCUT2D eigenvalue weighted by atomic mass is 32.1. The van der Waals surface area contributed by atoms with E-state index in [1.807, 2.05) is 18.2 Å². The normalized spacial score (nSPS) is 16.4. The molecule has 0 fully saturated rings. The second-order valence-corrected chi connectivity index (χ2v) is 13.0. The number of allylic oxidation sites excluding steroid dienone is 2. The standard InChI is InChI=1S/C39H34F3N5OS/c1-5-46(6-2)30-13-12-27-20-31(47(25-26(3)4)36(27)21-30)14-15-32-16-17-33(49-32)18-19-35-34(24-45)37(28(22-43)23-44)48-38(35,39(40,41)42)29-10-8-7-9-11-29/h7-21,26H,5-6,25H2,1-4H3/b15-14+,19-18+. The molecule has 0 saturated heterocycles. The highest BCUT2D eigenvalue weighted by molar-refractivity contribution is 7.13. The SMILES string of the molecule is CCN(CC)c1ccc2cc(/C=C/c3ccc(/C=C/C4=C(C#N)C(=C(C#N)C#N)OC4(c4ccccc4)C(F)(F)F)s3)n(CC(C)C)c2c1. The molecule has 0 N–H and O–H groups in total. The van der Waals surface area contributed by atoms with Crippen LogP contribution in [-0.4, -0.2) is 23.8 Å². The number of hydrogen-bond acceptors (Lipinski definition) is 6. The number of benzene rings is 2. The van der Waals surface area contributed by atoms with Crippen LogP contribution in [0.15, 0.2) is 95.3 Å². The van der Waals surface area contributed by atoms with Gasteiger partial charge in [0, 0.05) is 57.3 Å². The van der Waals surface area contributed by atoms with Gasteiger partial charge in [-0.1, -0.05) is 56.3 Å². The molecule has 4 aromatic rings. The third-order valence-corrected chi connectivity index (χ3v) is 9.36. The zero-order valence-electron chi connectivity index (χ0n) is 27.5. The van der Waals surface area contributed by atoms with E-state index in [9.17, 15) is 15.8 Å². The lowest BCUT2D eigenvalue weighted by molar-refractivity contribution is -0.249. The molecule has 0 amide bonds. The van der Waals surface area contributed by atoms with Gasteiger partial charge in [0.25, 0.3) is 5.60 Å². The number of nitrogens with zero attached hydrogens (tertiary/aromatic N) is 5. The number of anilines is 1. The summed E-state index contributed by atoms with van der Waals surface area (Å²) in [4.78, 5) is 3.83. The lowest BCUT2D eigenvalue weighted by Gasteiger charge is -2.33. The molecule has 10 heteroatoms. The monoisotopic (exact) mass is 677 g/mol. The van der Waals surface area contributed by atoms with Gasteiger partial charge in [0.15, 0.2) is 11.3 Å². The number of nitriles is 3. The van der Waals surface area contributed by atoms with Gasteiger partial charge in [-0.3, -0.25) is 0 Å². The Hall–Kier alpha value is -5.50. The number of rotatable bonds is 10. The van der Waals surface area contributed by atoms with Crippen LogP contribution in [0.3, 0.4) is 0 Å². The molecular weight excluding hydrogens is 644 g/mol. The number of halogens is 3. The molecule has 0 bridgehead atoms. The Morgan fingerprint density at radius 1 is 0.918 bits per heavy atom. The van der Waals surface area contributed by atoms with E-state index in [1.54, 1.807) is 30.3 Å². The van der Waals surface area contributed by atoms with Gasteiger partial charge in [0.2, 0.25) is 0 Å². The van der Waals surface area contributed by atoms with Crippen LogP contribution >= 0.6 is 11.3 Å². The third-order valence-electron chi connectivity index (χ3n) is 8.35. The van der Waals surface area contributed by atoms with Gasteiger partial charge >= 0.3 is 6.18 Å². The van der Waals surface area contributed by atoms with Gasteiger partial charge in [0.05, 0.1) is 5.52 Å². The van der Waals surface area contributed by atoms with Crippen LogP contribution in [0.1, 0.15) is 48.7 Å². The molecule has 3 heterocycles. The van der Waals surface area contributed by atoms with Crippen molar-refractivity contribution in [1.29, 1.82) is 15.8 Å². The van der Waals surface area contributed by atoms with E-state index in [2.05, 4.69) is 61.4 Å². The fourth-order valence-corrected chi connectivity index (χ4v) is 6.89. The van der Waals surface area contributed by atoms with Crippen molar-refractivity contribution in [2.45, 2.75) is 46.0 Å². The maximum atomic E-state index is 15.1. The average Bonchev–Trinajstić information content (AvgIpc) is 3.78. The molecule has 2 aromatic heterocycles. The van der Waals surface area contributed by atoms with Crippen LogP contribution < -0.4 is 4.90 Å². The van der Waals surface area contributed by atoms with E-state index in [0.717, 1.165) is 41.1 Å². The van der Waals surface area contributed by atoms with Crippen LogP contribution in [0, 0.1) is 39.9 Å². The summed E-state index contributed by atoms with van der Waals surface area (Å²) in [6, 6.07) is 24.2. The highest BCUT2D eigenvalue weighted by Crippen LogP contribution is 2.56.